The van der Waals surface area contributed by atoms with Crippen molar-refractivity contribution in [1.29, 1.82) is 5.26 Å². The van der Waals surface area contributed by atoms with Crippen LogP contribution in [0.1, 0.15) is 22.5 Å². The Bertz CT molecular complexity index is 472. The first-order chi connectivity index (χ1) is 7.83. The Morgan fingerprint density at radius 1 is 1.12 bits per heavy atom. The molecule has 0 spiro atoms. The highest BCUT2D eigenvalue weighted by atomic mass is 32.1. The van der Waals surface area contributed by atoms with Crippen LogP contribution in [-0.4, -0.2) is 5.11 Å². The van der Waals surface area contributed by atoms with Gasteiger partial charge in [-0.1, -0.05) is 36.4 Å². The second-order valence-electron chi connectivity index (χ2n) is 3.48. The molecule has 0 fully saturated rings. The fourth-order valence-corrected chi connectivity index (χ4v) is 2.36. The molecule has 2 nitrogen and oxygen atoms in total. The Kier molecular flexibility index (Phi) is 3.35. The van der Waals surface area contributed by atoms with Crippen LogP contribution in [0.5, 0.6) is 0 Å². The van der Waals surface area contributed by atoms with Crippen molar-refractivity contribution in [3.8, 4) is 6.07 Å². The van der Waals surface area contributed by atoms with Gasteiger partial charge in [-0.15, -0.1) is 11.3 Å². The van der Waals surface area contributed by atoms with E-state index in [0.717, 1.165) is 10.4 Å². The van der Waals surface area contributed by atoms with Gasteiger partial charge in [-0.2, -0.15) is 5.26 Å². The van der Waals surface area contributed by atoms with E-state index < -0.39 is 12.0 Å². The molecule has 0 saturated heterocycles. The second kappa shape index (κ2) is 4.93. The zero-order valence-electron chi connectivity index (χ0n) is 8.58. The number of nitrogens with zero attached hydrogens (tertiary/aromatic N) is 1. The van der Waals surface area contributed by atoms with Crippen LogP contribution in [0, 0.1) is 11.3 Å². The molecule has 2 rings (SSSR count). The van der Waals surface area contributed by atoms with Crippen LogP contribution in [0.25, 0.3) is 0 Å². The van der Waals surface area contributed by atoms with E-state index in [1.807, 2.05) is 47.8 Å². The van der Waals surface area contributed by atoms with Crippen LogP contribution >= 0.6 is 11.3 Å². The van der Waals surface area contributed by atoms with Gasteiger partial charge in [-0.3, -0.25) is 0 Å². The molecule has 0 aliphatic carbocycles. The smallest absolute Gasteiger partial charge is 0.108 e. The summed E-state index contributed by atoms with van der Waals surface area (Å²) in [6.07, 6.45) is -0.743. The lowest BCUT2D eigenvalue weighted by molar-refractivity contribution is 0.168. The minimum atomic E-state index is -0.743. The van der Waals surface area contributed by atoms with Gasteiger partial charge >= 0.3 is 0 Å². The molecule has 0 amide bonds. The first kappa shape index (κ1) is 10.9. The summed E-state index contributed by atoms with van der Waals surface area (Å²) < 4.78 is 0. The van der Waals surface area contributed by atoms with Gasteiger partial charge in [0, 0.05) is 4.88 Å². The first-order valence-electron chi connectivity index (χ1n) is 4.99. The largest absolute Gasteiger partial charge is 0.386 e. The van der Waals surface area contributed by atoms with Crippen LogP contribution in [0.15, 0.2) is 47.8 Å². The lowest BCUT2D eigenvalue weighted by Gasteiger charge is -2.15. The molecule has 16 heavy (non-hydrogen) atoms. The Balaban J connectivity index is 2.28. The van der Waals surface area contributed by atoms with Gasteiger partial charge in [0.05, 0.1) is 6.07 Å². The van der Waals surface area contributed by atoms with Gasteiger partial charge in [-0.05, 0) is 17.0 Å². The van der Waals surface area contributed by atoms with Gasteiger partial charge in [0.2, 0.25) is 0 Å². The molecule has 0 aliphatic heterocycles. The molecule has 1 aromatic heterocycles. The van der Waals surface area contributed by atoms with Crippen molar-refractivity contribution >= 4 is 11.3 Å². The quantitative estimate of drug-likeness (QED) is 0.879. The highest BCUT2D eigenvalue weighted by Crippen LogP contribution is 2.32. The van der Waals surface area contributed by atoms with Crippen LogP contribution in [0.3, 0.4) is 0 Å². The van der Waals surface area contributed by atoms with E-state index in [1.54, 1.807) is 0 Å². The molecule has 80 valence electrons. The normalized spacial score (nSPS) is 14.0. The summed E-state index contributed by atoms with van der Waals surface area (Å²) in [5, 5.41) is 21.2. The lowest BCUT2D eigenvalue weighted by Crippen LogP contribution is -2.07. The van der Waals surface area contributed by atoms with E-state index in [0.29, 0.717) is 0 Å². The average molecular weight is 229 g/mol. The van der Waals surface area contributed by atoms with E-state index in [2.05, 4.69) is 6.07 Å². The van der Waals surface area contributed by atoms with E-state index in [-0.39, 0.29) is 0 Å². The number of rotatable bonds is 3. The molecule has 1 heterocycles. The summed E-state index contributed by atoms with van der Waals surface area (Å²) in [7, 11) is 0. The van der Waals surface area contributed by atoms with Crippen LogP contribution in [0.4, 0.5) is 0 Å². The third-order valence-electron chi connectivity index (χ3n) is 2.45. The first-order valence-corrected chi connectivity index (χ1v) is 5.87. The topological polar surface area (TPSA) is 44.0 Å². The summed E-state index contributed by atoms with van der Waals surface area (Å²) in [4.78, 5) is 0.829. The predicted molar refractivity (Wildman–Crippen MR) is 64.1 cm³/mol. The molecule has 0 bridgehead atoms. The summed E-state index contributed by atoms with van der Waals surface area (Å²) >= 11 is 1.47. The molecular formula is C13H11NOS. The summed E-state index contributed by atoms with van der Waals surface area (Å²) in [5.41, 5.74) is 0.853. The number of nitriles is 1. The van der Waals surface area contributed by atoms with Gasteiger partial charge in [0.15, 0.2) is 0 Å². The Hall–Kier alpha value is -1.63. The number of aliphatic hydroxyl groups excluding tert-OH is 1. The minimum Gasteiger partial charge on any atom is -0.386 e. The molecule has 2 atom stereocenters. The minimum absolute atomic E-state index is 0.500. The maximum absolute atomic E-state index is 10.1. The molecule has 0 radical (unpaired) electrons. The van der Waals surface area contributed by atoms with Crippen LogP contribution in [0.2, 0.25) is 0 Å². The predicted octanol–water partition coefficient (Wildman–Crippen LogP) is 3.09. The van der Waals surface area contributed by atoms with Crippen LogP contribution < -0.4 is 0 Å². The molecular weight excluding hydrogens is 218 g/mol. The van der Waals surface area contributed by atoms with E-state index >= 15 is 0 Å². The highest BCUT2D eigenvalue weighted by Gasteiger charge is 2.22. The Morgan fingerprint density at radius 2 is 1.88 bits per heavy atom. The summed E-state index contributed by atoms with van der Waals surface area (Å²) in [6, 6.07) is 15.3. The fourth-order valence-electron chi connectivity index (χ4n) is 1.61. The average Bonchev–Trinajstić information content (AvgIpc) is 2.85. The van der Waals surface area contributed by atoms with Crippen molar-refractivity contribution in [3.05, 3.63) is 58.3 Å². The van der Waals surface area contributed by atoms with Crippen molar-refractivity contribution in [2.24, 2.45) is 0 Å². The van der Waals surface area contributed by atoms with Gasteiger partial charge in [0.1, 0.15) is 12.0 Å². The summed E-state index contributed by atoms with van der Waals surface area (Å²) in [5.74, 6) is -0.500. The van der Waals surface area contributed by atoms with Crippen molar-refractivity contribution < 1.29 is 5.11 Å². The SMILES string of the molecule is N#CC(c1ccccc1)C(O)c1cccs1. The maximum Gasteiger partial charge on any atom is 0.108 e. The maximum atomic E-state index is 10.1. The van der Waals surface area contributed by atoms with Gasteiger partial charge in [0.25, 0.3) is 0 Å². The Labute approximate surface area is 98.4 Å². The second-order valence-corrected chi connectivity index (χ2v) is 4.46. The molecule has 2 unspecified atom stereocenters. The monoisotopic (exact) mass is 229 g/mol. The third-order valence-corrected chi connectivity index (χ3v) is 3.39. The number of aliphatic hydroxyl groups is 1. The molecule has 1 aromatic carbocycles. The van der Waals surface area contributed by atoms with Crippen molar-refractivity contribution in [3.63, 3.8) is 0 Å². The van der Waals surface area contributed by atoms with E-state index in [4.69, 9.17) is 5.26 Å². The van der Waals surface area contributed by atoms with Crippen molar-refractivity contribution in [2.45, 2.75) is 12.0 Å². The highest BCUT2D eigenvalue weighted by molar-refractivity contribution is 7.10. The number of hydrogen-bond acceptors (Lipinski definition) is 3. The lowest BCUT2D eigenvalue weighted by atomic mass is 9.94. The number of benzene rings is 1. The summed E-state index contributed by atoms with van der Waals surface area (Å²) in [6.45, 7) is 0. The molecule has 0 saturated carbocycles. The number of hydrogen-bond donors (Lipinski definition) is 1. The van der Waals surface area contributed by atoms with Gasteiger partial charge < -0.3 is 5.11 Å². The number of thiophene rings is 1. The fraction of sp³-hybridized carbons (Fsp3) is 0.154. The van der Waals surface area contributed by atoms with Crippen molar-refractivity contribution in [1.82, 2.24) is 0 Å². The standard InChI is InChI=1S/C13H11NOS/c14-9-11(10-5-2-1-3-6-10)13(15)12-7-4-8-16-12/h1-8,11,13,15H. The third kappa shape index (κ3) is 2.13. The van der Waals surface area contributed by atoms with Crippen LogP contribution in [-0.2, 0) is 0 Å². The molecule has 3 heteroatoms. The zero-order valence-corrected chi connectivity index (χ0v) is 9.39. The Morgan fingerprint density at radius 3 is 2.44 bits per heavy atom. The molecule has 1 N–H and O–H groups in total. The van der Waals surface area contributed by atoms with Gasteiger partial charge in [-0.25, -0.2) is 0 Å². The zero-order chi connectivity index (χ0) is 11.4. The van der Waals surface area contributed by atoms with E-state index in [1.165, 1.54) is 11.3 Å². The van der Waals surface area contributed by atoms with E-state index in [9.17, 15) is 5.11 Å². The van der Waals surface area contributed by atoms with Crippen molar-refractivity contribution in [2.75, 3.05) is 0 Å². The molecule has 2 aromatic rings. The molecule has 0 aliphatic rings.